The maximum Gasteiger partial charge on any atom is 0.327 e. The van der Waals surface area contributed by atoms with E-state index in [9.17, 15) is 27.3 Å². The largest absolute Gasteiger partial charge is 0.327 e. The van der Waals surface area contributed by atoms with Gasteiger partial charge in [-0.15, -0.1) is 0 Å². The fourth-order valence-corrected chi connectivity index (χ4v) is 5.40. The zero-order valence-electron chi connectivity index (χ0n) is 11.4. The molecule has 0 aliphatic heterocycles. The van der Waals surface area contributed by atoms with Gasteiger partial charge in [-0.05, 0) is 11.1 Å². The quantitative estimate of drug-likeness (QED) is 0.566. The van der Waals surface area contributed by atoms with Crippen LogP contribution in [0.3, 0.4) is 0 Å². The van der Waals surface area contributed by atoms with Crippen LogP contribution in [-0.2, 0) is 19.4 Å². The van der Waals surface area contributed by atoms with E-state index in [0.717, 1.165) is 0 Å². The molecule has 0 aliphatic rings. The van der Waals surface area contributed by atoms with Crippen LogP contribution in [0.2, 0.25) is 0 Å². The van der Waals surface area contributed by atoms with Crippen molar-refractivity contribution >= 4 is 17.7 Å². The Morgan fingerprint density at radius 1 is 0.864 bits per heavy atom. The van der Waals surface area contributed by atoms with Crippen LogP contribution in [-0.4, -0.2) is 28.9 Å². The maximum atomic E-state index is 12.1. The third kappa shape index (κ3) is 3.29. The van der Waals surface area contributed by atoms with Gasteiger partial charge in [0.25, 0.3) is 10.1 Å². The average Bonchev–Trinajstić information content (AvgIpc) is 2.44. The molecule has 0 heterocycles. The van der Waals surface area contributed by atoms with Crippen LogP contribution < -0.4 is 0 Å². The fraction of sp³-hybridized carbons (Fsp3) is 0.143. The number of benzene rings is 2. The van der Waals surface area contributed by atoms with Crippen LogP contribution in [0.5, 0.6) is 0 Å². The first-order valence-electron chi connectivity index (χ1n) is 6.29. The topological polar surface area (TPSA) is 112 Å². The second-order valence-electron chi connectivity index (χ2n) is 4.86. The van der Waals surface area contributed by atoms with Crippen molar-refractivity contribution in [1.82, 2.24) is 0 Å². The molecule has 2 aromatic rings. The molecule has 0 bridgehead atoms. The summed E-state index contributed by atoms with van der Waals surface area (Å²) < 4.78 is 43.4. The van der Waals surface area contributed by atoms with Gasteiger partial charge in [0.2, 0.25) is 0 Å². The van der Waals surface area contributed by atoms with Gasteiger partial charge in [0, 0.05) is 0 Å². The van der Waals surface area contributed by atoms with Gasteiger partial charge in [0.05, 0.1) is 6.16 Å². The van der Waals surface area contributed by atoms with Crippen molar-refractivity contribution in [2.45, 2.75) is 4.75 Å². The third-order valence-corrected chi connectivity index (χ3v) is 5.95. The molecular weight excluding hydrogens is 327 g/mol. The highest BCUT2D eigenvalue weighted by Crippen LogP contribution is 2.49. The van der Waals surface area contributed by atoms with Gasteiger partial charge in [-0.2, -0.15) is 8.42 Å². The highest BCUT2D eigenvalue weighted by Gasteiger charge is 2.50. The lowest BCUT2D eigenvalue weighted by Crippen LogP contribution is -2.40. The third-order valence-electron chi connectivity index (χ3n) is 3.35. The van der Waals surface area contributed by atoms with Crippen molar-refractivity contribution in [2.75, 3.05) is 6.16 Å². The first kappa shape index (κ1) is 16.9. The minimum Gasteiger partial charge on any atom is -0.324 e. The highest BCUT2D eigenvalue weighted by atomic mass is 32.2. The lowest BCUT2D eigenvalue weighted by molar-refractivity contribution is 0.363. The molecule has 8 heteroatoms. The molecule has 118 valence electrons. The van der Waals surface area contributed by atoms with Crippen LogP contribution in [0.1, 0.15) is 11.1 Å². The van der Waals surface area contributed by atoms with E-state index in [2.05, 4.69) is 0 Å². The number of hydrogen-bond donors (Lipinski definition) is 3. The Bertz CT molecular complexity index is 743. The summed E-state index contributed by atoms with van der Waals surface area (Å²) in [5.41, 5.74) is 0.180. The predicted molar refractivity (Wildman–Crippen MR) is 82.1 cm³/mol. The summed E-state index contributed by atoms with van der Waals surface area (Å²) in [7, 11) is -9.61. The zero-order chi connectivity index (χ0) is 16.4. The van der Waals surface area contributed by atoms with E-state index in [1.165, 1.54) is 48.5 Å². The van der Waals surface area contributed by atoms with Gasteiger partial charge in [-0.1, -0.05) is 60.7 Å². The van der Waals surface area contributed by atoms with Crippen LogP contribution in [0.25, 0.3) is 0 Å². The van der Waals surface area contributed by atoms with E-state index < -0.39 is 28.6 Å². The van der Waals surface area contributed by atoms with E-state index in [4.69, 9.17) is 0 Å². The van der Waals surface area contributed by atoms with Crippen LogP contribution in [0.15, 0.2) is 60.7 Å². The van der Waals surface area contributed by atoms with Crippen LogP contribution in [0, 0.1) is 0 Å². The number of rotatable bonds is 5. The van der Waals surface area contributed by atoms with Gasteiger partial charge in [-0.25, -0.2) is 0 Å². The van der Waals surface area contributed by atoms with Gasteiger partial charge >= 0.3 is 7.60 Å². The monoisotopic (exact) mass is 342 g/mol. The molecule has 0 aliphatic carbocycles. The van der Waals surface area contributed by atoms with E-state index in [1.54, 1.807) is 12.1 Å². The summed E-state index contributed by atoms with van der Waals surface area (Å²) in [5.74, 6) is 0. The highest BCUT2D eigenvalue weighted by molar-refractivity contribution is 7.87. The maximum absolute atomic E-state index is 12.1. The molecule has 0 radical (unpaired) electrons. The van der Waals surface area contributed by atoms with Gasteiger partial charge < -0.3 is 9.79 Å². The predicted octanol–water partition coefficient (Wildman–Crippen LogP) is 2.00. The summed E-state index contributed by atoms with van der Waals surface area (Å²) in [6.45, 7) is 0. The van der Waals surface area contributed by atoms with Crippen LogP contribution >= 0.6 is 7.60 Å². The molecule has 0 unspecified atom stereocenters. The summed E-state index contributed by atoms with van der Waals surface area (Å²) in [6.07, 6.45) is -1.05. The normalized spacial score (nSPS) is 13.0. The molecule has 0 atom stereocenters. The second-order valence-corrected chi connectivity index (χ2v) is 8.15. The molecule has 0 spiro atoms. The van der Waals surface area contributed by atoms with Crippen molar-refractivity contribution < 1.29 is 27.3 Å². The molecule has 22 heavy (non-hydrogen) atoms. The Hall–Kier alpha value is -1.50. The summed E-state index contributed by atoms with van der Waals surface area (Å²) in [6, 6.07) is 15.1. The molecule has 2 aromatic carbocycles. The first-order chi connectivity index (χ1) is 10.2. The Labute approximate surface area is 128 Å². The fourth-order valence-electron chi connectivity index (χ4n) is 2.43. The molecule has 2 rings (SSSR count). The van der Waals surface area contributed by atoms with Crippen molar-refractivity contribution in [3.63, 3.8) is 0 Å². The first-order valence-corrected chi connectivity index (χ1v) is 9.53. The molecule has 0 saturated carbocycles. The summed E-state index contributed by atoms with van der Waals surface area (Å²) >= 11 is 0. The standard InChI is InChI=1S/C14H15O6PS/c15-21(16,17)11-14(22(18,19)20,12-7-3-1-4-8-12)13-9-5-2-6-10-13/h1-10H,11H2,(H2,15,16,17)(H,18,19,20). The second kappa shape index (κ2) is 5.95. The smallest absolute Gasteiger partial charge is 0.324 e. The minimum atomic E-state index is -4.86. The summed E-state index contributed by atoms with van der Waals surface area (Å²) in [4.78, 5) is 18.7. The lowest BCUT2D eigenvalue weighted by atomic mass is 9.92. The molecule has 0 amide bonds. The Balaban J connectivity index is 2.85. The molecular formula is C14H15O6PS. The van der Waals surface area contributed by atoms with Gasteiger partial charge in [0.15, 0.2) is 4.75 Å². The zero-order valence-corrected chi connectivity index (χ0v) is 13.1. The van der Waals surface area contributed by atoms with Crippen molar-refractivity contribution in [3.05, 3.63) is 71.8 Å². The van der Waals surface area contributed by atoms with Crippen molar-refractivity contribution in [3.8, 4) is 0 Å². The summed E-state index contributed by atoms with van der Waals surface area (Å²) in [5, 5.41) is 0. The van der Waals surface area contributed by atoms with Gasteiger partial charge in [-0.3, -0.25) is 9.12 Å². The molecule has 0 aromatic heterocycles. The lowest BCUT2D eigenvalue weighted by Gasteiger charge is -2.31. The van der Waals surface area contributed by atoms with Crippen molar-refractivity contribution in [2.24, 2.45) is 0 Å². The van der Waals surface area contributed by atoms with E-state index in [-0.39, 0.29) is 11.1 Å². The number of hydrogen-bond acceptors (Lipinski definition) is 3. The van der Waals surface area contributed by atoms with E-state index in [0.29, 0.717) is 0 Å². The van der Waals surface area contributed by atoms with E-state index >= 15 is 0 Å². The molecule has 0 fully saturated rings. The molecule has 3 N–H and O–H groups in total. The van der Waals surface area contributed by atoms with Crippen LogP contribution in [0.4, 0.5) is 0 Å². The SMILES string of the molecule is O=P(O)(O)CC(c1ccccc1)(c1ccccc1)S(=O)(=O)O. The van der Waals surface area contributed by atoms with Gasteiger partial charge in [0.1, 0.15) is 0 Å². The Morgan fingerprint density at radius 3 is 1.50 bits per heavy atom. The average molecular weight is 342 g/mol. The molecule has 6 nitrogen and oxygen atoms in total. The van der Waals surface area contributed by atoms with E-state index in [1.807, 2.05) is 0 Å². The Kier molecular flexibility index (Phi) is 4.56. The Morgan fingerprint density at radius 2 is 1.23 bits per heavy atom. The molecule has 0 saturated heterocycles. The minimum absolute atomic E-state index is 0.0898. The van der Waals surface area contributed by atoms with Crippen molar-refractivity contribution in [1.29, 1.82) is 0 Å².